The van der Waals surface area contributed by atoms with Crippen LogP contribution in [0, 0.1) is 12.7 Å². The summed E-state index contributed by atoms with van der Waals surface area (Å²) in [6.07, 6.45) is 0.599. The van der Waals surface area contributed by atoms with Crippen LogP contribution < -0.4 is 10.7 Å². The van der Waals surface area contributed by atoms with E-state index in [0.29, 0.717) is 6.42 Å². The van der Waals surface area contributed by atoms with Crippen molar-refractivity contribution < 1.29 is 9.18 Å². The number of nitrogens with zero attached hydrogens (tertiary/aromatic N) is 1. The van der Waals surface area contributed by atoms with Crippen molar-refractivity contribution in [3.8, 4) is 0 Å². The number of amides is 1. The Hall–Kier alpha value is -1.91. The zero-order valence-corrected chi connectivity index (χ0v) is 11.6. The van der Waals surface area contributed by atoms with Crippen LogP contribution >= 0.6 is 0 Å². The fourth-order valence-corrected chi connectivity index (χ4v) is 2.24. The Morgan fingerprint density at radius 1 is 1.47 bits per heavy atom. The number of carbonyl (C=O) groups excluding carboxylic acids is 1. The Bertz CT molecular complexity index is 564. The van der Waals surface area contributed by atoms with E-state index in [9.17, 15) is 9.18 Å². The van der Waals surface area contributed by atoms with Crippen molar-refractivity contribution in [1.29, 1.82) is 0 Å². The van der Waals surface area contributed by atoms with Gasteiger partial charge in [0.05, 0.1) is 11.3 Å². The minimum absolute atomic E-state index is 0.204. The molecule has 0 aliphatic carbocycles. The van der Waals surface area contributed by atoms with Gasteiger partial charge in [-0.25, -0.2) is 9.82 Å². The van der Waals surface area contributed by atoms with Crippen LogP contribution in [0.4, 0.5) is 10.1 Å². The number of halogens is 1. The first-order chi connectivity index (χ1) is 8.79. The van der Waals surface area contributed by atoms with Gasteiger partial charge in [0.25, 0.3) is 0 Å². The van der Waals surface area contributed by atoms with Gasteiger partial charge in [-0.15, -0.1) is 0 Å². The number of benzene rings is 1. The first-order valence-electron chi connectivity index (χ1n) is 6.20. The zero-order chi connectivity index (χ0) is 14.2. The number of nitrogens with one attached hydrogen (secondary N) is 2. The second-order valence-electron chi connectivity index (χ2n) is 5.40. The van der Waals surface area contributed by atoms with Crippen LogP contribution in [-0.4, -0.2) is 17.2 Å². The summed E-state index contributed by atoms with van der Waals surface area (Å²) < 4.78 is 13.4. The molecular formula is C14H18FN3O. The summed E-state index contributed by atoms with van der Waals surface area (Å²) in [7, 11) is 0. The van der Waals surface area contributed by atoms with E-state index in [0.717, 1.165) is 22.5 Å². The number of anilines is 1. The lowest BCUT2D eigenvalue weighted by Gasteiger charge is -2.35. The highest BCUT2D eigenvalue weighted by Gasteiger charge is 2.32. The molecule has 1 amide bonds. The van der Waals surface area contributed by atoms with E-state index in [1.165, 1.54) is 19.1 Å². The molecule has 2 N–H and O–H groups in total. The number of aryl methyl sites for hydroxylation is 1. The van der Waals surface area contributed by atoms with Gasteiger partial charge in [0.2, 0.25) is 5.91 Å². The van der Waals surface area contributed by atoms with Crippen molar-refractivity contribution in [1.82, 2.24) is 5.43 Å². The fraction of sp³-hybridized carbons (Fsp3) is 0.429. The lowest BCUT2D eigenvalue weighted by molar-refractivity contribution is -0.118. The zero-order valence-electron chi connectivity index (χ0n) is 11.6. The molecule has 1 aromatic carbocycles. The largest absolute Gasteiger partial charge is 0.374 e. The molecule has 0 saturated carbocycles. The Kier molecular flexibility index (Phi) is 3.30. The summed E-state index contributed by atoms with van der Waals surface area (Å²) in [5, 5.41) is 7.43. The average Bonchev–Trinajstić information content (AvgIpc) is 2.24. The summed E-state index contributed by atoms with van der Waals surface area (Å²) in [5.74, 6) is -0.452. The number of rotatable bonds is 1. The Labute approximate surface area is 112 Å². The van der Waals surface area contributed by atoms with Crippen molar-refractivity contribution in [3.63, 3.8) is 0 Å². The predicted octanol–water partition coefficient (Wildman–Crippen LogP) is 2.37. The van der Waals surface area contributed by atoms with Crippen molar-refractivity contribution in [3.05, 3.63) is 29.1 Å². The van der Waals surface area contributed by atoms with E-state index < -0.39 is 5.54 Å². The molecule has 0 bridgehead atoms. The third kappa shape index (κ3) is 2.75. The van der Waals surface area contributed by atoms with E-state index in [4.69, 9.17) is 0 Å². The molecule has 2 rings (SSSR count). The molecule has 1 aromatic rings. The number of hydrogen-bond donors (Lipinski definition) is 2. The maximum absolute atomic E-state index is 13.4. The lowest BCUT2D eigenvalue weighted by Crippen LogP contribution is -2.46. The minimum atomic E-state index is -0.421. The first-order valence-corrected chi connectivity index (χ1v) is 6.20. The van der Waals surface area contributed by atoms with Crippen LogP contribution in [0.25, 0.3) is 0 Å². The molecule has 102 valence electrons. The molecular weight excluding hydrogens is 245 g/mol. The quantitative estimate of drug-likeness (QED) is 0.764. The van der Waals surface area contributed by atoms with E-state index >= 15 is 0 Å². The second-order valence-corrected chi connectivity index (χ2v) is 5.40. The highest BCUT2D eigenvalue weighted by atomic mass is 19.1. The normalized spacial score (nSPS) is 18.7. The van der Waals surface area contributed by atoms with Gasteiger partial charge in [0.15, 0.2) is 0 Å². The summed E-state index contributed by atoms with van der Waals surface area (Å²) in [6, 6.07) is 3.01. The molecule has 0 fully saturated rings. The smallest absolute Gasteiger partial charge is 0.236 e. The molecule has 0 saturated heterocycles. The van der Waals surface area contributed by atoms with Crippen LogP contribution in [0.2, 0.25) is 0 Å². The Balaban J connectivity index is 2.42. The van der Waals surface area contributed by atoms with Crippen LogP contribution in [-0.2, 0) is 11.2 Å². The maximum Gasteiger partial charge on any atom is 0.236 e. The summed E-state index contributed by atoms with van der Waals surface area (Å²) >= 11 is 0. The number of hydrogen-bond acceptors (Lipinski definition) is 3. The van der Waals surface area contributed by atoms with Crippen LogP contribution in [0.5, 0.6) is 0 Å². The molecule has 0 radical (unpaired) electrons. The van der Waals surface area contributed by atoms with E-state index in [-0.39, 0.29) is 11.7 Å². The summed E-state index contributed by atoms with van der Waals surface area (Å²) in [5.41, 5.74) is 5.57. The third-order valence-electron chi connectivity index (χ3n) is 3.30. The third-order valence-corrected chi connectivity index (χ3v) is 3.30. The van der Waals surface area contributed by atoms with Gasteiger partial charge in [0, 0.05) is 19.0 Å². The molecule has 0 unspecified atom stereocenters. The Morgan fingerprint density at radius 2 is 2.16 bits per heavy atom. The van der Waals surface area contributed by atoms with Crippen LogP contribution in [0.3, 0.4) is 0 Å². The standard InChI is InChI=1S/C14H18FN3O/c1-8-5-10(15)6-12-11(8)7-13(14(3,4)16-12)18-17-9(2)19/h5-6,16H,7H2,1-4H3,(H,17,19)/b18-13+. The number of fused-ring (bicyclic) bond motifs is 1. The monoisotopic (exact) mass is 263 g/mol. The molecule has 0 spiro atoms. The molecule has 5 heteroatoms. The minimum Gasteiger partial charge on any atom is -0.374 e. The van der Waals surface area contributed by atoms with Gasteiger partial charge in [-0.2, -0.15) is 5.10 Å². The highest BCUT2D eigenvalue weighted by molar-refractivity contribution is 6.00. The van der Waals surface area contributed by atoms with Crippen molar-refractivity contribution in [2.45, 2.75) is 39.7 Å². The Morgan fingerprint density at radius 3 is 2.79 bits per heavy atom. The topological polar surface area (TPSA) is 53.5 Å². The van der Waals surface area contributed by atoms with Crippen molar-refractivity contribution in [2.75, 3.05) is 5.32 Å². The molecule has 4 nitrogen and oxygen atoms in total. The summed E-state index contributed by atoms with van der Waals surface area (Å²) in [4.78, 5) is 11.0. The average molecular weight is 263 g/mol. The van der Waals surface area contributed by atoms with E-state index in [1.54, 1.807) is 0 Å². The van der Waals surface area contributed by atoms with Crippen LogP contribution in [0.1, 0.15) is 31.9 Å². The van der Waals surface area contributed by atoms with Crippen LogP contribution in [0.15, 0.2) is 17.2 Å². The van der Waals surface area contributed by atoms with Gasteiger partial charge < -0.3 is 5.32 Å². The second kappa shape index (κ2) is 4.64. The fourth-order valence-electron chi connectivity index (χ4n) is 2.24. The molecule has 1 heterocycles. The SMILES string of the molecule is CC(=O)N/N=C1\Cc2c(C)cc(F)cc2NC1(C)C. The maximum atomic E-state index is 13.4. The van der Waals surface area contributed by atoms with Gasteiger partial charge in [-0.1, -0.05) is 0 Å². The van der Waals surface area contributed by atoms with Crippen molar-refractivity contribution >= 4 is 17.3 Å². The van der Waals surface area contributed by atoms with E-state index in [1.807, 2.05) is 20.8 Å². The lowest BCUT2D eigenvalue weighted by atomic mass is 9.85. The van der Waals surface area contributed by atoms with Gasteiger partial charge in [-0.05, 0) is 44.0 Å². The van der Waals surface area contributed by atoms with Gasteiger partial charge >= 0.3 is 0 Å². The van der Waals surface area contributed by atoms with E-state index in [2.05, 4.69) is 15.8 Å². The molecule has 19 heavy (non-hydrogen) atoms. The van der Waals surface area contributed by atoms with Gasteiger partial charge in [0.1, 0.15) is 5.82 Å². The number of hydrazone groups is 1. The molecule has 1 aliphatic heterocycles. The van der Waals surface area contributed by atoms with Crippen molar-refractivity contribution in [2.24, 2.45) is 5.10 Å². The molecule has 1 aliphatic rings. The predicted molar refractivity (Wildman–Crippen MR) is 73.8 cm³/mol. The highest BCUT2D eigenvalue weighted by Crippen LogP contribution is 2.31. The van der Waals surface area contributed by atoms with Gasteiger partial charge in [-0.3, -0.25) is 4.79 Å². The summed E-state index contributed by atoms with van der Waals surface area (Å²) in [6.45, 7) is 7.20. The molecule has 0 aromatic heterocycles. The number of carbonyl (C=O) groups is 1. The first kappa shape index (κ1) is 13.5. The molecule has 0 atom stereocenters.